The largest absolute Gasteiger partial charge is 0.294 e. The van der Waals surface area contributed by atoms with Crippen molar-refractivity contribution in [1.82, 2.24) is 0 Å². The van der Waals surface area contributed by atoms with E-state index in [9.17, 15) is 13.0 Å². The monoisotopic (exact) mass is 470 g/mol. The van der Waals surface area contributed by atoms with Gasteiger partial charge >= 0.3 is 0 Å². The van der Waals surface area contributed by atoms with Crippen molar-refractivity contribution < 1.29 is 13.0 Å². The van der Waals surface area contributed by atoms with E-state index in [0.29, 0.717) is 6.42 Å². The van der Waals surface area contributed by atoms with Crippen LogP contribution in [0, 0.1) is 18.8 Å². The van der Waals surface area contributed by atoms with Crippen LogP contribution in [0.1, 0.15) is 99.8 Å². The molecular weight excluding hydrogens is 428 g/mol. The van der Waals surface area contributed by atoms with Crippen LogP contribution in [0.3, 0.4) is 0 Å². The first-order valence-corrected chi connectivity index (χ1v) is 14.4. The molecular formula is C29H42O3S. The molecule has 3 nitrogen and oxygen atoms in total. The first kappa shape index (κ1) is 26.0. The van der Waals surface area contributed by atoms with Gasteiger partial charge in [0.25, 0.3) is 10.1 Å². The predicted molar refractivity (Wildman–Crippen MR) is 137 cm³/mol. The van der Waals surface area contributed by atoms with E-state index in [2.05, 4.69) is 31.2 Å². The third-order valence-corrected chi connectivity index (χ3v) is 8.40. The van der Waals surface area contributed by atoms with Crippen LogP contribution in [0.2, 0.25) is 0 Å². The van der Waals surface area contributed by atoms with Crippen molar-refractivity contribution in [3.63, 3.8) is 0 Å². The average Bonchev–Trinajstić information content (AvgIpc) is 2.79. The van der Waals surface area contributed by atoms with Crippen LogP contribution in [0.25, 0.3) is 0 Å². The number of benzene rings is 2. The molecule has 1 saturated carbocycles. The van der Waals surface area contributed by atoms with Gasteiger partial charge in [0, 0.05) is 0 Å². The van der Waals surface area contributed by atoms with Crippen molar-refractivity contribution in [3.8, 4) is 0 Å². The zero-order chi connectivity index (χ0) is 23.7. The number of unbranched alkanes of at least 4 members (excludes halogenated alkanes) is 3. The molecule has 1 aliphatic carbocycles. The normalized spacial score (nSPS) is 19.0. The van der Waals surface area contributed by atoms with Crippen LogP contribution in [-0.2, 0) is 23.0 Å². The van der Waals surface area contributed by atoms with Gasteiger partial charge in [0.2, 0.25) is 0 Å². The topological polar surface area (TPSA) is 54.4 Å². The van der Waals surface area contributed by atoms with Gasteiger partial charge in [-0.3, -0.25) is 4.55 Å². The zero-order valence-electron chi connectivity index (χ0n) is 20.6. The molecule has 1 fully saturated rings. The lowest BCUT2D eigenvalue weighted by Crippen LogP contribution is -2.14. The summed E-state index contributed by atoms with van der Waals surface area (Å²) in [5.41, 5.74) is 4.49. The molecule has 0 amide bonds. The van der Waals surface area contributed by atoms with Crippen LogP contribution in [0.5, 0.6) is 0 Å². The Balaban J connectivity index is 1.39. The number of hydrogen-bond acceptors (Lipinski definition) is 2. The Labute approximate surface area is 201 Å². The molecule has 2 aromatic rings. The SMILES string of the molecule is CCCCCC1CCC(CCCCc2ccc(Cc3cc(S(=O)(=O)O)ccc3C)cc2)CC1. The smallest absolute Gasteiger partial charge is 0.282 e. The van der Waals surface area contributed by atoms with Crippen LogP contribution in [0.15, 0.2) is 47.4 Å². The van der Waals surface area contributed by atoms with E-state index in [1.165, 1.54) is 82.3 Å². The van der Waals surface area contributed by atoms with E-state index < -0.39 is 10.1 Å². The fourth-order valence-corrected chi connectivity index (χ4v) is 5.83. The maximum absolute atomic E-state index is 11.4. The minimum atomic E-state index is -4.17. The lowest BCUT2D eigenvalue weighted by atomic mass is 9.78. The molecule has 0 heterocycles. The quantitative estimate of drug-likeness (QED) is 0.253. The summed E-state index contributed by atoms with van der Waals surface area (Å²) in [5.74, 6) is 1.96. The highest BCUT2D eigenvalue weighted by Crippen LogP contribution is 2.34. The molecule has 182 valence electrons. The van der Waals surface area contributed by atoms with Gasteiger partial charge in [-0.15, -0.1) is 0 Å². The molecule has 0 atom stereocenters. The molecule has 33 heavy (non-hydrogen) atoms. The van der Waals surface area contributed by atoms with Crippen molar-refractivity contribution in [1.29, 1.82) is 0 Å². The number of aryl methyl sites for hydroxylation is 2. The lowest BCUT2D eigenvalue weighted by Gasteiger charge is -2.28. The average molecular weight is 471 g/mol. The summed E-state index contributed by atoms with van der Waals surface area (Å²) in [5, 5.41) is 0. The fourth-order valence-electron chi connectivity index (χ4n) is 5.30. The summed E-state index contributed by atoms with van der Waals surface area (Å²) in [6.07, 6.45) is 17.2. The predicted octanol–water partition coefficient (Wildman–Crippen LogP) is 7.93. The van der Waals surface area contributed by atoms with E-state index in [1.807, 2.05) is 6.92 Å². The molecule has 4 heteroatoms. The summed E-state index contributed by atoms with van der Waals surface area (Å²) in [6.45, 7) is 4.26. The van der Waals surface area contributed by atoms with Crippen molar-refractivity contribution in [2.75, 3.05) is 0 Å². The van der Waals surface area contributed by atoms with Gasteiger partial charge in [-0.05, 0) is 72.4 Å². The van der Waals surface area contributed by atoms with Gasteiger partial charge in [0.05, 0.1) is 4.90 Å². The Kier molecular flexibility index (Phi) is 10.0. The Morgan fingerprint density at radius 3 is 1.97 bits per heavy atom. The van der Waals surface area contributed by atoms with Gasteiger partial charge < -0.3 is 0 Å². The molecule has 0 aromatic heterocycles. The molecule has 1 aliphatic rings. The summed E-state index contributed by atoms with van der Waals surface area (Å²) >= 11 is 0. The molecule has 2 aromatic carbocycles. The van der Waals surface area contributed by atoms with Gasteiger partial charge in [0.1, 0.15) is 0 Å². The second-order valence-corrected chi connectivity index (χ2v) is 11.6. The van der Waals surface area contributed by atoms with Crippen LogP contribution in [0.4, 0.5) is 0 Å². The third kappa shape index (κ3) is 8.57. The minimum Gasteiger partial charge on any atom is -0.282 e. The maximum atomic E-state index is 11.4. The Morgan fingerprint density at radius 2 is 1.39 bits per heavy atom. The lowest BCUT2D eigenvalue weighted by molar-refractivity contribution is 0.245. The van der Waals surface area contributed by atoms with Crippen molar-refractivity contribution >= 4 is 10.1 Å². The Bertz CT molecular complexity index is 955. The Hall–Kier alpha value is -1.65. The first-order valence-electron chi connectivity index (χ1n) is 13.0. The van der Waals surface area contributed by atoms with Gasteiger partial charge in [-0.25, -0.2) is 0 Å². The Morgan fingerprint density at radius 1 is 0.818 bits per heavy atom. The summed E-state index contributed by atoms with van der Waals surface area (Å²) in [4.78, 5) is -0.0373. The highest BCUT2D eigenvalue weighted by atomic mass is 32.2. The third-order valence-electron chi connectivity index (χ3n) is 7.55. The molecule has 0 aliphatic heterocycles. The molecule has 0 spiro atoms. The van der Waals surface area contributed by atoms with E-state index >= 15 is 0 Å². The second kappa shape index (κ2) is 12.7. The van der Waals surface area contributed by atoms with Crippen LogP contribution < -0.4 is 0 Å². The van der Waals surface area contributed by atoms with E-state index in [0.717, 1.165) is 34.9 Å². The highest BCUT2D eigenvalue weighted by molar-refractivity contribution is 7.85. The summed E-state index contributed by atoms with van der Waals surface area (Å²) < 4.78 is 32.2. The summed E-state index contributed by atoms with van der Waals surface area (Å²) in [7, 11) is -4.17. The number of rotatable bonds is 12. The minimum absolute atomic E-state index is 0.0373. The van der Waals surface area contributed by atoms with Gasteiger partial charge in [-0.1, -0.05) is 101 Å². The number of hydrogen-bond donors (Lipinski definition) is 1. The molecule has 0 unspecified atom stereocenters. The van der Waals surface area contributed by atoms with Gasteiger partial charge in [-0.2, -0.15) is 8.42 Å². The molecule has 3 rings (SSSR count). The van der Waals surface area contributed by atoms with E-state index in [4.69, 9.17) is 0 Å². The van der Waals surface area contributed by atoms with Gasteiger partial charge in [0.15, 0.2) is 0 Å². The van der Waals surface area contributed by atoms with Crippen molar-refractivity contribution in [2.45, 2.75) is 102 Å². The van der Waals surface area contributed by atoms with Crippen molar-refractivity contribution in [2.24, 2.45) is 11.8 Å². The van der Waals surface area contributed by atoms with E-state index in [1.54, 1.807) is 12.1 Å². The summed E-state index contributed by atoms with van der Waals surface area (Å²) in [6, 6.07) is 13.5. The molecule has 0 radical (unpaired) electrons. The molecule has 0 saturated heterocycles. The highest BCUT2D eigenvalue weighted by Gasteiger charge is 2.20. The fraction of sp³-hybridized carbons (Fsp3) is 0.586. The van der Waals surface area contributed by atoms with E-state index in [-0.39, 0.29) is 4.90 Å². The molecule has 0 bridgehead atoms. The van der Waals surface area contributed by atoms with Crippen LogP contribution in [-0.4, -0.2) is 13.0 Å². The zero-order valence-corrected chi connectivity index (χ0v) is 21.4. The molecule has 1 N–H and O–H groups in total. The standard InChI is InChI=1S/C29H42O3S/c1-3-4-5-8-24-12-14-25(15-13-24)9-6-7-10-26-16-18-27(19-17-26)21-28-22-29(33(30,31)32)20-11-23(28)2/h11,16-20,22,24-25H,3-10,12-15,21H2,1-2H3,(H,30,31,32). The first-order chi connectivity index (χ1) is 15.8. The van der Waals surface area contributed by atoms with Crippen LogP contribution >= 0.6 is 0 Å². The maximum Gasteiger partial charge on any atom is 0.294 e. The second-order valence-electron chi connectivity index (χ2n) is 10.2. The van der Waals surface area contributed by atoms with Crippen molar-refractivity contribution in [3.05, 3.63) is 64.7 Å².